The molecule has 5 heteroatoms. The lowest BCUT2D eigenvalue weighted by Crippen LogP contribution is -2.52. The Labute approximate surface area is 143 Å². The molecule has 1 amide bonds. The van der Waals surface area contributed by atoms with Crippen molar-refractivity contribution in [1.82, 2.24) is 10.2 Å². The maximum atomic E-state index is 12.3. The summed E-state index contributed by atoms with van der Waals surface area (Å²) in [6, 6.07) is 14.2. The van der Waals surface area contributed by atoms with Gasteiger partial charge in [0, 0.05) is 44.1 Å². The number of nitrogens with one attached hydrogen (secondary N) is 1. The molecule has 0 aliphatic carbocycles. The van der Waals surface area contributed by atoms with E-state index in [1.54, 1.807) is 0 Å². The molecule has 23 heavy (non-hydrogen) atoms. The first kappa shape index (κ1) is 17.6. The highest BCUT2D eigenvalue weighted by atomic mass is 35.5. The van der Waals surface area contributed by atoms with Crippen molar-refractivity contribution in [2.45, 2.75) is 25.8 Å². The predicted octanol–water partition coefficient (Wildman–Crippen LogP) is 3.12. The summed E-state index contributed by atoms with van der Waals surface area (Å²) in [4.78, 5) is 14.3. The van der Waals surface area contributed by atoms with Gasteiger partial charge in [-0.2, -0.15) is 0 Å². The van der Waals surface area contributed by atoms with E-state index in [1.165, 1.54) is 0 Å². The summed E-state index contributed by atoms with van der Waals surface area (Å²) in [5.74, 6) is 1.94. The second-order valence-electron chi connectivity index (χ2n) is 5.77. The van der Waals surface area contributed by atoms with Gasteiger partial charge in [-0.1, -0.05) is 30.3 Å². The summed E-state index contributed by atoms with van der Waals surface area (Å²) >= 11 is 0. The van der Waals surface area contributed by atoms with Gasteiger partial charge in [-0.25, -0.2) is 0 Å². The first-order chi connectivity index (χ1) is 10.7. The van der Waals surface area contributed by atoms with Crippen molar-refractivity contribution in [3.8, 4) is 11.3 Å². The van der Waals surface area contributed by atoms with Crippen LogP contribution in [0.15, 0.2) is 46.9 Å². The minimum atomic E-state index is 0. The van der Waals surface area contributed by atoms with Crippen molar-refractivity contribution in [1.29, 1.82) is 0 Å². The zero-order valence-electron chi connectivity index (χ0n) is 13.3. The number of aryl methyl sites for hydroxylation is 1. The van der Waals surface area contributed by atoms with Crippen LogP contribution in [0.25, 0.3) is 11.3 Å². The van der Waals surface area contributed by atoms with Gasteiger partial charge in [0.1, 0.15) is 11.5 Å². The molecule has 0 unspecified atom stereocenters. The molecule has 0 saturated carbocycles. The van der Waals surface area contributed by atoms with E-state index in [4.69, 9.17) is 4.42 Å². The Hall–Kier alpha value is -1.78. The topological polar surface area (TPSA) is 45.5 Å². The third-order valence-corrected chi connectivity index (χ3v) is 4.13. The van der Waals surface area contributed by atoms with Crippen LogP contribution in [-0.4, -0.2) is 36.5 Å². The van der Waals surface area contributed by atoms with Crippen molar-refractivity contribution in [3.63, 3.8) is 0 Å². The first-order valence-electron chi connectivity index (χ1n) is 7.88. The number of halogens is 1. The molecule has 1 N–H and O–H groups in total. The summed E-state index contributed by atoms with van der Waals surface area (Å²) < 4.78 is 5.85. The van der Waals surface area contributed by atoms with Gasteiger partial charge in [0.2, 0.25) is 5.91 Å². The third-order valence-electron chi connectivity index (χ3n) is 4.13. The smallest absolute Gasteiger partial charge is 0.223 e. The second-order valence-corrected chi connectivity index (χ2v) is 5.77. The highest BCUT2D eigenvalue weighted by molar-refractivity contribution is 5.85. The number of rotatable bonds is 4. The summed E-state index contributed by atoms with van der Waals surface area (Å²) in [6.45, 7) is 4.65. The fraction of sp³-hybridized carbons (Fsp3) is 0.389. The molecule has 1 atom stereocenters. The molecule has 4 nitrogen and oxygen atoms in total. The van der Waals surface area contributed by atoms with E-state index in [1.807, 2.05) is 47.4 Å². The van der Waals surface area contributed by atoms with Crippen molar-refractivity contribution < 1.29 is 9.21 Å². The van der Waals surface area contributed by atoms with Crippen LogP contribution in [0.3, 0.4) is 0 Å². The Kier molecular flexibility index (Phi) is 6.25. The average molecular weight is 335 g/mol. The summed E-state index contributed by atoms with van der Waals surface area (Å²) in [7, 11) is 0. The molecule has 0 spiro atoms. The van der Waals surface area contributed by atoms with Gasteiger partial charge < -0.3 is 14.6 Å². The molecule has 0 bridgehead atoms. The van der Waals surface area contributed by atoms with Gasteiger partial charge in [0.05, 0.1) is 0 Å². The van der Waals surface area contributed by atoms with Gasteiger partial charge >= 0.3 is 0 Å². The Morgan fingerprint density at radius 2 is 2.04 bits per heavy atom. The molecule has 1 aliphatic heterocycles. The molecule has 1 aromatic heterocycles. The fourth-order valence-corrected chi connectivity index (χ4v) is 2.86. The number of hydrogen-bond acceptors (Lipinski definition) is 3. The Morgan fingerprint density at radius 1 is 1.26 bits per heavy atom. The summed E-state index contributed by atoms with van der Waals surface area (Å²) in [6.07, 6.45) is 1.16. The molecule has 124 valence electrons. The molecule has 2 heterocycles. The molecule has 1 saturated heterocycles. The maximum absolute atomic E-state index is 12.3. The van der Waals surface area contributed by atoms with Gasteiger partial charge in [0.25, 0.3) is 0 Å². The molecule has 1 aliphatic rings. The number of amides is 1. The molecule has 1 fully saturated rings. The van der Waals surface area contributed by atoms with Gasteiger partial charge in [-0.15, -0.1) is 12.4 Å². The van der Waals surface area contributed by atoms with Crippen molar-refractivity contribution >= 4 is 18.3 Å². The summed E-state index contributed by atoms with van der Waals surface area (Å²) in [5, 5.41) is 3.30. The zero-order valence-corrected chi connectivity index (χ0v) is 14.1. The second kappa shape index (κ2) is 8.18. The summed E-state index contributed by atoms with van der Waals surface area (Å²) in [5.41, 5.74) is 1.07. The third kappa shape index (κ3) is 4.36. The van der Waals surface area contributed by atoms with Gasteiger partial charge in [-0.3, -0.25) is 4.79 Å². The highest BCUT2D eigenvalue weighted by Gasteiger charge is 2.22. The van der Waals surface area contributed by atoms with Gasteiger partial charge in [0.15, 0.2) is 0 Å². The average Bonchev–Trinajstić information content (AvgIpc) is 3.03. The number of carbonyl (C=O) groups is 1. The van der Waals surface area contributed by atoms with E-state index >= 15 is 0 Å². The number of nitrogens with zero attached hydrogens (tertiary/aromatic N) is 1. The normalized spacial score (nSPS) is 17.6. The van der Waals surface area contributed by atoms with E-state index < -0.39 is 0 Å². The number of hydrogen-bond donors (Lipinski definition) is 1. The molecule has 2 aromatic rings. The van der Waals surface area contributed by atoms with Crippen LogP contribution < -0.4 is 5.32 Å². The molecule has 3 rings (SSSR count). The minimum absolute atomic E-state index is 0. The largest absolute Gasteiger partial charge is 0.461 e. The highest BCUT2D eigenvalue weighted by Crippen LogP contribution is 2.22. The van der Waals surface area contributed by atoms with E-state index in [2.05, 4.69) is 12.2 Å². The number of piperazine rings is 1. The zero-order chi connectivity index (χ0) is 15.4. The standard InChI is InChI=1S/C18H22N2O2.ClH/c1-14-13-19-11-12-20(14)18(21)10-8-16-7-9-17(22-16)15-5-3-2-4-6-15;/h2-7,9,14,19H,8,10-13H2,1H3;1H/t14-;/m0./s1. The van der Waals surface area contributed by atoms with Crippen molar-refractivity contribution in [3.05, 3.63) is 48.2 Å². The van der Waals surface area contributed by atoms with E-state index in [0.29, 0.717) is 12.8 Å². The number of furan rings is 1. The number of benzene rings is 1. The van der Waals surface area contributed by atoms with Gasteiger partial charge in [-0.05, 0) is 19.1 Å². The minimum Gasteiger partial charge on any atom is -0.461 e. The quantitative estimate of drug-likeness (QED) is 0.934. The lowest BCUT2D eigenvalue weighted by Gasteiger charge is -2.34. The first-order valence-corrected chi connectivity index (χ1v) is 7.88. The van der Waals surface area contributed by atoms with Crippen molar-refractivity contribution in [2.24, 2.45) is 0 Å². The van der Waals surface area contributed by atoms with Crippen molar-refractivity contribution in [2.75, 3.05) is 19.6 Å². The SMILES string of the molecule is C[C@H]1CNCCN1C(=O)CCc1ccc(-c2ccccc2)o1.Cl. The molecule has 0 radical (unpaired) electrons. The fourth-order valence-electron chi connectivity index (χ4n) is 2.86. The monoisotopic (exact) mass is 334 g/mol. The number of carbonyl (C=O) groups excluding carboxylic acids is 1. The Morgan fingerprint density at radius 3 is 2.78 bits per heavy atom. The van der Waals surface area contributed by atoms with E-state index in [9.17, 15) is 4.79 Å². The van der Waals surface area contributed by atoms with Crippen LogP contribution in [0.5, 0.6) is 0 Å². The Bertz CT molecular complexity index is 627. The molecule has 1 aromatic carbocycles. The van der Waals surface area contributed by atoms with E-state index in [0.717, 1.165) is 36.7 Å². The van der Waals surface area contributed by atoms with E-state index in [-0.39, 0.29) is 24.4 Å². The van der Waals surface area contributed by atoms with Crippen LogP contribution in [-0.2, 0) is 11.2 Å². The van der Waals surface area contributed by atoms with Crippen LogP contribution in [0.2, 0.25) is 0 Å². The van der Waals surface area contributed by atoms with Crippen LogP contribution >= 0.6 is 12.4 Å². The van der Waals surface area contributed by atoms with Crippen LogP contribution in [0.1, 0.15) is 19.1 Å². The molecular weight excluding hydrogens is 312 g/mol. The van der Waals surface area contributed by atoms with Crippen LogP contribution in [0.4, 0.5) is 0 Å². The van der Waals surface area contributed by atoms with Crippen LogP contribution in [0, 0.1) is 0 Å². The Balaban J connectivity index is 0.00000192. The maximum Gasteiger partial charge on any atom is 0.223 e. The predicted molar refractivity (Wildman–Crippen MR) is 93.8 cm³/mol. The lowest BCUT2D eigenvalue weighted by molar-refractivity contribution is -0.133. The lowest BCUT2D eigenvalue weighted by atomic mass is 10.1. The molecular formula is C18H23ClN2O2.